The van der Waals surface area contributed by atoms with E-state index in [0.717, 1.165) is 30.6 Å². The number of aromatic carboxylic acids is 1. The summed E-state index contributed by atoms with van der Waals surface area (Å²) in [7, 11) is 2.03. The highest BCUT2D eigenvalue weighted by Gasteiger charge is 2.08. The molecule has 16 heavy (non-hydrogen) atoms. The molecular formula is C13H19NO2. The molecule has 0 bridgehead atoms. The number of benzene rings is 1. The average Bonchev–Trinajstić information content (AvgIpc) is 2.25. The van der Waals surface area contributed by atoms with E-state index in [0.29, 0.717) is 5.56 Å². The van der Waals surface area contributed by atoms with Crippen molar-refractivity contribution in [3.05, 3.63) is 29.3 Å². The number of carboxylic acid groups (broad SMARTS) is 1. The lowest BCUT2D eigenvalue weighted by atomic mass is 10.1. The Balaban J connectivity index is 2.84. The third-order valence-corrected chi connectivity index (χ3v) is 2.73. The number of carboxylic acids is 1. The smallest absolute Gasteiger partial charge is 0.335 e. The second-order valence-corrected chi connectivity index (χ2v) is 4.08. The van der Waals surface area contributed by atoms with Gasteiger partial charge in [0.05, 0.1) is 5.56 Å². The van der Waals surface area contributed by atoms with Crippen LogP contribution in [0.15, 0.2) is 18.2 Å². The molecule has 0 saturated carbocycles. The topological polar surface area (TPSA) is 40.5 Å². The van der Waals surface area contributed by atoms with Gasteiger partial charge >= 0.3 is 5.97 Å². The highest BCUT2D eigenvalue weighted by Crippen LogP contribution is 2.18. The summed E-state index contributed by atoms with van der Waals surface area (Å²) in [5.41, 5.74) is 2.27. The van der Waals surface area contributed by atoms with Gasteiger partial charge in [-0.25, -0.2) is 4.79 Å². The van der Waals surface area contributed by atoms with E-state index in [9.17, 15) is 4.79 Å². The minimum Gasteiger partial charge on any atom is -0.478 e. The first-order chi connectivity index (χ1) is 7.56. The van der Waals surface area contributed by atoms with E-state index >= 15 is 0 Å². The molecule has 1 N–H and O–H groups in total. The second-order valence-electron chi connectivity index (χ2n) is 4.08. The fourth-order valence-electron chi connectivity index (χ4n) is 1.65. The lowest BCUT2D eigenvalue weighted by Crippen LogP contribution is -2.18. The highest BCUT2D eigenvalue weighted by molar-refractivity contribution is 5.89. The zero-order valence-corrected chi connectivity index (χ0v) is 10.2. The van der Waals surface area contributed by atoms with Gasteiger partial charge in [-0.1, -0.05) is 13.3 Å². The Hall–Kier alpha value is -1.51. The predicted molar refractivity (Wildman–Crippen MR) is 66.3 cm³/mol. The predicted octanol–water partition coefficient (Wildman–Crippen LogP) is 2.93. The van der Waals surface area contributed by atoms with E-state index < -0.39 is 5.97 Å². The molecule has 88 valence electrons. The van der Waals surface area contributed by atoms with Crippen LogP contribution in [-0.4, -0.2) is 24.7 Å². The molecule has 0 atom stereocenters. The summed E-state index contributed by atoms with van der Waals surface area (Å²) in [5.74, 6) is -0.861. The van der Waals surface area contributed by atoms with Crippen molar-refractivity contribution in [2.45, 2.75) is 26.7 Å². The normalized spacial score (nSPS) is 10.2. The molecule has 1 aromatic carbocycles. The van der Waals surface area contributed by atoms with Gasteiger partial charge < -0.3 is 10.0 Å². The van der Waals surface area contributed by atoms with Gasteiger partial charge in [0.2, 0.25) is 0 Å². The van der Waals surface area contributed by atoms with E-state index in [1.807, 2.05) is 26.1 Å². The Morgan fingerprint density at radius 1 is 1.44 bits per heavy atom. The second kappa shape index (κ2) is 5.54. The Morgan fingerprint density at radius 2 is 2.12 bits per heavy atom. The van der Waals surface area contributed by atoms with Crippen molar-refractivity contribution in [2.24, 2.45) is 0 Å². The lowest BCUT2D eigenvalue weighted by molar-refractivity contribution is 0.0696. The van der Waals surface area contributed by atoms with Gasteiger partial charge in [-0.05, 0) is 37.1 Å². The van der Waals surface area contributed by atoms with Crippen LogP contribution >= 0.6 is 0 Å². The summed E-state index contributed by atoms with van der Waals surface area (Å²) in [4.78, 5) is 13.0. The zero-order chi connectivity index (χ0) is 12.1. The zero-order valence-electron chi connectivity index (χ0n) is 10.2. The number of rotatable bonds is 5. The highest BCUT2D eigenvalue weighted by atomic mass is 16.4. The molecule has 1 rings (SSSR count). The van der Waals surface area contributed by atoms with Crippen molar-refractivity contribution in [3.8, 4) is 0 Å². The van der Waals surface area contributed by atoms with Gasteiger partial charge in [-0.15, -0.1) is 0 Å². The third kappa shape index (κ3) is 2.99. The van der Waals surface area contributed by atoms with Gasteiger partial charge in [0.15, 0.2) is 0 Å². The van der Waals surface area contributed by atoms with Gasteiger partial charge in [-0.3, -0.25) is 0 Å². The van der Waals surface area contributed by atoms with Crippen molar-refractivity contribution in [1.82, 2.24) is 0 Å². The van der Waals surface area contributed by atoms with E-state index in [2.05, 4.69) is 11.8 Å². The van der Waals surface area contributed by atoms with Crippen LogP contribution in [0.3, 0.4) is 0 Å². The maximum absolute atomic E-state index is 10.9. The largest absolute Gasteiger partial charge is 0.478 e. The Kier molecular flexibility index (Phi) is 4.35. The number of carbonyl (C=O) groups is 1. The summed E-state index contributed by atoms with van der Waals surface area (Å²) in [5, 5.41) is 8.92. The molecule has 0 spiro atoms. The Bertz CT molecular complexity index is 374. The number of nitrogens with zero attached hydrogens (tertiary/aromatic N) is 1. The van der Waals surface area contributed by atoms with Crippen LogP contribution in [0.25, 0.3) is 0 Å². The molecule has 3 heteroatoms. The van der Waals surface area contributed by atoms with E-state index in [-0.39, 0.29) is 0 Å². The average molecular weight is 221 g/mol. The SMILES string of the molecule is CCCCN(C)c1ccc(C(=O)O)c(C)c1. The van der Waals surface area contributed by atoms with Crippen LogP contribution in [0.5, 0.6) is 0 Å². The minimum atomic E-state index is -0.861. The van der Waals surface area contributed by atoms with E-state index in [4.69, 9.17) is 5.11 Å². The molecule has 3 nitrogen and oxygen atoms in total. The first-order valence-electron chi connectivity index (χ1n) is 5.61. The van der Waals surface area contributed by atoms with Crippen LogP contribution in [0.2, 0.25) is 0 Å². The quantitative estimate of drug-likeness (QED) is 0.831. The van der Waals surface area contributed by atoms with Crippen molar-refractivity contribution in [3.63, 3.8) is 0 Å². The molecule has 0 radical (unpaired) electrons. The summed E-state index contributed by atoms with van der Waals surface area (Å²) in [6, 6.07) is 5.47. The summed E-state index contributed by atoms with van der Waals surface area (Å²) < 4.78 is 0. The minimum absolute atomic E-state index is 0.382. The summed E-state index contributed by atoms with van der Waals surface area (Å²) in [6.07, 6.45) is 2.31. The van der Waals surface area contributed by atoms with E-state index in [1.54, 1.807) is 6.07 Å². The number of anilines is 1. The molecule has 0 heterocycles. The molecule has 0 aliphatic rings. The summed E-state index contributed by atoms with van der Waals surface area (Å²) in [6.45, 7) is 5.00. The van der Waals surface area contributed by atoms with Crippen LogP contribution in [-0.2, 0) is 0 Å². The van der Waals surface area contributed by atoms with Crippen molar-refractivity contribution >= 4 is 11.7 Å². The maximum atomic E-state index is 10.9. The molecular weight excluding hydrogens is 202 g/mol. The molecule has 0 saturated heterocycles. The maximum Gasteiger partial charge on any atom is 0.335 e. The first kappa shape index (κ1) is 12.6. The number of aryl methyl sites for hydroxylation is 1. The molecule has 0 aromatic heterocycles. The molecule has 0 unspecified atom stereocenters. The Labute approximate surface area is 96.7 Å². The van der Waals surface area contributed by atoms with Gasteiger partial charge in [0.1, 0.15) is 0 Å². The summed E-state index contributed by atoms with van der Waals surface area (Å²) >= 11 is 0. The third-order valence-electron chi connectivity index (χ3n) is 2.73. The van der Waals surface area contributed by atoms with Crippen LogP contribution < -0.4 is 4.90 Å². The number of hydrogen-bond acceptors (Lipinski definition) is 2. The molecule has 0 fully saturated rings. The van der Waals surface area contributed by atoms with Crippen LogP contribution in [0.4, 0.5) is 5.69 Å². The van der Waals surface area contributed by atoms with Gasteiger partial charge in [0.25, 0.3) is 0 Å². The fraction of sp³-hybridized carbons (Fsp3) is 0.462. The lowest BCUT2D eigenvalue weighted by Gasteiger charge is -2.19. The number of hydrogen-bond donors (Lipinski definition) is 1. The van der Waals surface area contributed by atoms with Crippen molar-refractivity contribution in [2.75, 3.05) is 18.5 Å². The molecule has 0 aliphatic heterocycles. The van der Waals surface area contributed by atoms with Gasteiger partial charge in [0, 0.05) is 19.3 Å². The molecule has 0 amide bonds. The molecule has 0 aliphatic carbocycles. The van der Waals surface area contributed by atoms with Crippen molar-refractivity contribution < 1.29 is 9.90 Å². The van der Waals surface area contributed by atoms with Crippen LogP contribution in [0, 0.1) is 6.92 Å². The number of unbranched alkanes of at least 4 members (excludes halogenated alkanes) is 1. The fourth-order valence-corrected chi connectivity index (χ4v) is 1.65. The van der Waals surface area contributed by atoms with Crippen LogP contribution in [0.1, 0.15) is 35.7 Å². The Morgan fingerprint density at radius 3 is 2.62 bits per heavy atom. The molecule has 1 aromatic rings. The standard InChI is InChI=1S/C13H19NO2/c1-4-5-8-14(3)11-6-7-12(13(15)16)10(2)9-11/h6-7,9H,4-5,8H2,1-3H3,(H,15,16). The van der Waals surface area contributed by atoms with Gasteiger partial charge in [-0.2, -0.15) is 0 Å². The van der Waals surface area contributed by atoms with E-state index in [1.165, 1.54) is 0 Å². The monoisotopic (exact) mass is 221 g/mol. The van der Waals surface area contributed by atoms with Crippen molar-refractivity contribution in [1.29, 1.82) is 0 Å². The first-order valence-corrected chi connectivity index (χ1v) is 5.61.